The Kier molecular flexibility index (Phi) is 6.26. The number of furan rings is 1. The maximum absolute atomic E-state index is 6.60. The summed E-state index contributed by atoms with van der Waals surface area (Å²) >= 11 is 0. The average Bonchev–Trinajstić information content (AvgIpc) is 3.70. The van der Waals surface area contributed by atoms with Crippen LogP contribution in [0.1, 0.15) is 63.5 Å². The molecule has 0 amide bonds. The van der Waals surface area contributed by atoms with E-state index in [9.17, 15) is 0 Å². The molecule has 0 aliphatic carbocycles. The molecule has 0 spiro atoms. The SMILES string of the molecule is CCC(C)c1ccc2oc3c(-c4ccc(-c5nnc6c7ccccc7c7ccccc7n56)cc4)cc(C(C)CC)cc3c2c1. The highest BCUT2D eigenvalue weighted by Crippen LogP contribution is 2.41. The van der Waals surface area contributed by atoms with Crippen LogP contribution in [0, 0.1) is 0 Å². The number of pyridine rings is 1. The second-order valence-corrected chi connectivity index (χ2v) is 12.2. The van der Waals surface area contributed by atoms with Crippen LogP contribution in [0.2, 0.25) is 0 Å². The van der Waals surface area contributed by atoms with Gasteiger partial charge in [-0.15, -0.1) is 10.2 Å². The maximum Gasteiger partial charge on any atom is 0.169 e. The molecule has 44 heavy (non-hydrogen) atoms. The Morgan fingerprint density at radius 2 is 1.27 bits per heavy atom. The van der Waals surface area contributed by atoms with Crippen molar-refractivity contribution in [2.24, 2.45) is 0 Å². The van der Waals surface area contributed by atoms with E-state index in [0.717, 1.165) is 63.1 Å². The molecule has 0 saturated heterocycles. The second kappa shape index (κ2) is 10.3. The predicted molar refractivity (Wildman–Crippen MR) is 184 cm³/mol. The van der Waals surface area contributed by atoms with Gasteiger partial charge >= 0.3 is 0 Å². The molecular weight excluding hydrogens is 538 g/mol. The largest absolute Gasteiger partial charge is 0.455 e. The maximum atomic E-state index is 6.60. The first kappa shape index (κ1) is 26.7. The van der Waals surface area contributed by atoms with Crippen molar-refractivity contribution in [3.63, 3.8) is 0 Å². The number of nitrogens with zero attached hydrogens (tertiary/aromatic N) is 3. The van der Waals surface area contributed by atoms with Gasteiger partial charge < -0.3 is 4.42 Å². The molecule has 5 aromatic carbocycles. The topological polar surface area (TPSA) is 43.3 Å². The molecule has 2 unspecified atom stereocenters. The van der Waals surface area contributed by atoms with Crippen LogP contribution in [0.3, 0.4) is 0 Å². The third-order valence-corrected chi connectivity index (χ3v) is 9.70. The van der Waals surface area contributed by atoms with Crippen molar-refractivity contribution in [3.05, 3.63) is 114 Å². The van der Waals surface area contributed by atoms with Gasteiger partial charge in [-0.1, -0.05) is 100 Å². The Morgan fingerprint density at radius 3 is 2.05 bits per heavy atom. The molecule has 216 valence electrons. The van der Waals surface area contributed by atoms with Gasteiger partial charge in [-0.3, -0.25) is 4.40 Å². The quantitative estimate of drug-likeness (QED) is 0.186. The molecule has 3 heterocycles. The first-order chi connectivity index (χ1) is 21.6. The molecule has 0 N–H and O–H groups in total. The zero-order chi connectivity index (χ0) is 29.9. The van der Waals surface area contributed by atoms with E-state index >= 15 is 0 Å². The summed E-state index contributed by atoms with van der Waals surface area (Å²) in [6.07, 6.45) is 2.20. The van der Waals surface area contributed by atoms with E-state index in [4.69, 9.17) is 9.52 Å². The van der Waals surface area contributed by atoms with Crippen LogP contribution in [0.25, 0.3) is 71.8 Å². The van der Waals surface area contributed by atoms with E-state index < -0.39 is 0 Å². The summed E-state index contributed by atoms with van der Waals surface area (Å²) in [6.45, 7) is 9.11. The number of hydrogen-bond acceptors (Lipinski definition) is 3. The van der Waals surface area contributed by atoms with E-state index in [0.29, 0.717) is 11.8 Å². The van der Waals surface area contributed by atoms with Crippen molar-refractivity contribution in [1.29, 1.82) is 0 Å². The number of benzene rings is 5. The van der Waals surface area contributed by atoms with E-state index in [2.05, 4.69) is 140 Å². The van der Waals surface area contributed by atoms with E-state index in [1.165, 1.54) is 32.7 Å². The Balaban J connectivity index is 1.30. The van der Waals surface area contributed by atoms with Gasteiger partial charge in [0.05, 0.1) is 5.52 Å². The Morgan fingerprint density at radius 1 is 0.614 bits per heavy atom. The summed E-state index contributed by atoms with van der Waals surface area (Å²) in [4.78, 5) is 0. The van der Waals surface area contributed by atoms with Crippen LogP contribution >= 0.6 is 0 Å². The molecule has 0 radical (unpaired) electrons. The standard InChI is InChI=1S/C40H35N3O/c1-5-24(3)28-19-20-37-34(21-28)35-23-29(25(4)6-2)22-33(38(35)44-37)26-15-17-27(18-16-26)39-41-42-40-32-13-8-7-11-30(32)31-12-9-10-14-36(31)43(39)40/h7-25H,5-6H2,1-4H3. The Hall–Kier alpha value is -4.96. The molecule has 8 rings (SSSR count). The number of aromatic nitrogens is 3. The molecular formula is C40H35N3O. The molecule has 0 aliphatic rings. The monoisotopic (exact) mass is 573 g/mol. The van der Waals surface area contributed by atoms with Crippen LogP contribution in [0.15, 0.2) is 108 Å². The van der Waals surface area contributed by atoms with Crippen molar-refractivity contribution in [3.8, 4) is 22.5 Å². The number of rotatable bonds is 6. The number of para-hydroxylation sites is 1. The van der Waals surface area contributed by atoms with Crippen LogP contribution in [0.4, 0.5) is 0 Å². The van der Waals surface area contributed by atoms with Gasteiger partial charge in [0.25, 0.3) is 0 Å². The zero-order valence-electron chi connectivity index (χ0n) is 25.6. The van der Waals surface area contributed by atoms with Crippen molar-refractivity contribution >= 4 is 49.3 Å². The lowest BCUT2D eigenvalue weighted by atomic mass is 9.91. The van der Waals surface area contributed by atoms with Crippen molar-refractivity contribution in [2.45, 2.75) is 52.4 Å². The second-order valence-electron chi connectivity index (χ2n) is 12.2. The Bertz CT molecular complexity index is 2340. The fourth-order valence-electron chi connectivity index (χ4n) is 6.68. The average molecular weight is 574 g/mol. The zero-order valence-corrected chi connectivity index (χ0v) is 25.6. The molecule has 8 aromatic rings. The van der Waals surface area contributed by atoms with Gasteiger partial charge in [-0.05, 0) is 77.1 Å². The van der Waals surface area contributed by atoms with E-state index in [1.54, 1.807) is 0 Å². The highest BCUT2D eigenvalue weighted by atomic mass is 16.3. The molecule has 0 bridgehead atoms. The van der Waals surface area contributed by atoms with Crippen molar-refractivity contribution in [2.75, 3.05) is 0 Å². The normalized spacial score (nSPS) is 13.5. The van der Waals surface area contributed by atoms with Crippen molar-refractivity contribution in [1.82, 2.24) is 14.6 Å². The summed E-state index contributed by atoms with van der Waals surface area (Å²) in [5, 5.41) is 15.3. The number of hydrogen-bond donors (Lipinski definition) is 0. The van der Waals surface area contributed by atoms with Crippen LogP contribution < -0.4 is 0 Å². The van der Waals surface area contributed by atoms with Gasteiger partial charge in [0.15, 0.2) is 11.5 Å². The first-order valence-electron chi connectivity index (χ1n) is 15.8. The highest BCUT2D eigenvalue weighted by molar-refractivity contribution is 6.12. The lowest BCUT2D eigenvalue weighted by Crippen LogP contribution is -1.95. The van der Waals surface area contributed by atoms with E-state index in [1.807, 2.05) is 0 Å². The summed E-state index contributed by atoms with van der Waals surface area (Å²) < 4.78 is 8.79. The van der Waals surface area contributed by atoms with Gasteiger partial charge in [0, 0.05) is 32.7 Å². The molecule has 0 fully saturated rings. The molecule has 2 atom stereocenters. The minimum absolute atomic E-state index is 0.450. The van der Waals surface area contributed by atoms with Crippen LogP contribution in [-0.4, -0.2) is 14.6 Å². The summed E-state index contributed by atoms with van der Waals surface area (Å²) in [6, 6.07) is 37.1. The van der Waals surface area contributed by atoms with Gasteiger partial charge in [0.2, 0.25) is 0 Å². The van der Waals surface area contributed by atoms with Gasteiger partial charge in [-0.2, -0.15) is 0 Å². The fourth-order valence-corrected chi connectivity index (χ4v) is 6.68. The van der Waals surface area contributed by atoms with Crippen molar-refractivity contribution < 1.29 is 4.42 Å². The fraction of sp³-hybridized carbons (Fsp3) is 0.200. The summed E-state index contributed by atoms with van der Waals surface area (Å²) in [5.74, 6) is 1.80. The summed E-state index contributed by atoms with van der Waals surface area (Å²) in [7, 11) is 0. The molecule has 0 aliphatic heterocycles. The van der Waals surface area contributed by atoms with Crippen LogP contribution in [-0.2, 0) is 0 Å². The predicted octanol–water partition coefficient (Wildman–Crippen LogP) is 11.3. The third kappa shape index (κ3) is 4.05. The molecule has 4 nitrogen and oxygen atoms in total. The lowest BCUT2D eigenvalue weighted by molar-refractivity contribution is 0.668. The third-order valence-electron chi connectivity index (χ3n) is 9.70. The van der Waals surface area contributed by atoms with Gasteiger partial charge in [-0.25, -0.2) is 0 Å². The summed E-state index contributed by atoms with van der Waals surface area (Å²) in [5.41, 5.74) is 9.88. The van der Waals surface area contributed by atoms with E-state index in [-0.39, 0.29) is 0 Å². The number of fused-ring (bicyclic) bond motifs is 9. The molecule has 0 saturated carbocycles. The molecule has 4 heteroatoms. The minimum Gasteiger partial charge on any atom is -0.455 e. The first-order valence-corrected chi connectivity index (χ1v) is 15.8. The highest BCUT2D eigenvalue weighted by Gasteiger charge is 2.19. The minimum atomic E-state index is 0.450. The Labute approximate surface area is 257 Å². The molecule has 3 aromatic heterocycles. The lowest BCUT2D eigenvalue weighted by Gasteiger charge is -2.13. The van der Waals surface area contributed by atoms with Gasteiger partial charge in [0.1, 0.15) is 11.2 Å². The van der Waals surface area contributed by atoms with Crippen LogP contribution in [0.5, 0.6) is 0 Å². The smallest absolute Gasteiger partial charge is 0.169 e.